The van der Waals surface area contributed by atoms with Crippen molar-refractivity contribution in [2.75, 3.05) is 6.61 Å². The molecule has 1 aliphatic rings. The van der Waals surface area contributed by atoms with Gasteiger partial charge in [-0.2, -0.15) is 0 Å². The molecule has 0 heterocycles. The summed E-state index contributed by atoms with van der Waals surface area (Å²) in [5.74, 6) is 0. The molecular weight excluding hydrogens is 212 g/mol. The summed E-state index contributed by atoms with van der Waals surface area (Å²) in [6.07, 6.45) is 1.87. The van der Waals surface area contributed by atoms with Crippen molar-refractivity contribution in [3.05, 3.63) is 35.9 Å². The van der Waals surface area contributed by atoms with Crippen LogP contribution in [0.1, 0.15) is 18.4 Å². The molecule has 2 nitrogen and oxygen atoms in total. The number of carbonyl (C=O) groups excluding carboxylic acids is 1. The maximum Gasteiger partial charge on any atom is 0.128 e. The molecule has 15 heavy (non-hydrogen) atoms. The molecule has 1 aliphatic carbocycles. The van der Waals surface area contributed by atoms with Crippen LogP contribution in [0.25, 0.3) is 0 Å². The van der Waals surface area contributed by atoms with E-state index in [2.05, 4.69) is 0 Å². The number of rotatable bonds is 3. The Kier molecular flexibility index (Phi) is 2.57. The highest BCUT2D eigenvalue weighted by Crippen LogP contribution is 2.57. The molecule has 2 rings (SSSR count). The molecular formula is C12H13ClO2. The van der Waals surface area contributed by atoms with E-state index in [9.17, 15) is 4.79 Å². The van der Waals surface area contributed by atoms with Crippen molar-refractivity contribution in [1.29, 1.82) is 0 Å². The van der Waals surface area contributed by atoms with Gasteiger partial charge < -0.3 is 9.90 Å². The Hall–Kier alpha value is -0.860. The summed E-state index contributed by atoms with van der Waals surface area (Å²) in [6.45, 7) is -0.113. The molecule has 1 N–H and O–H groups in total. The lowest BCUT2D eigenvalue weighted by atomic mass is 9.60. The zero-order chi connectivity index (χ0) is 10.9. The summed E-state index contributed by atoms with van der Waals surface area (Å²) in [5.41, 5.74) is 0.412. The van der Waals surface area contributed by atoms with E-state index >= 15 is 0 Å². The third kappa shape index (κ3) is 1.68. The summed E-state index contributed by atoms with van der Waals surface area (Å²) in [5, 5.41) is 9.13. The second-order valence-electron chi connectivity index (χ2n) is 4.32. The van der Waals surface area contributed by atoms with Crippen molar-refractivity contribution >= 4 is 17.9 Å². The average Bonchev–Trinajstić information content (AvgIpc) is 2.26. The highest BCUT2D eigenvalue weighted by atomic mass is 35.5. The Morgan fingerprint density at radius 3 is 2.40 bits per heavy atom. The number of aliphatic hydroxyl groups excluding tert-OH is 1. The van der Waals surface area contributed by atoms with Gasteiger partial charge in [-0.05, 0) is 18.4 Å². The van der Waals surface area contributed by atoms with Crippen LogP contribution in [0, 0.1) is 5.41 Å². The Bertz CT molecular complexity index is 355. The van der Waals surface area contributed by atoms with E-state index in [1.807, 2.05) is 30.3 Å². The second-order valence-corrected chi connectivity index (χ2v) is 5.05. The normalized spacial score (nSPS) is 34.5. The number of hydrogen-bond acceptors (Lipinski definition) is 2. The van der Waals surface area contributed by atoms with Crippen molar-refractivity contribution in [2.45, 2.75) is 17.7 Å². The molecule has 0 aliphatic heterocycles. The third-order valence-corrected chi connectivity index (χ3v) is 3.61. The number of halogens is 1. The summed E-state index contributed by atoms with van der Waals surface area (Å²) >= 11 is 6.40. The minimum absolute atomic E-state index is 0.113. The van der Waals surface area contributed by atoms with Crippen molar-refractivity contribution in [3.63, 3.8) is 0 Å². The van der Waals surface area contributed by atoms with E-state index in [4.69, 9.17) is 16.7 Å². The van der Waals surface area contributed by atoms with Crippen LogP contribution in [0.2, 0.25) is 0 Å². The highest BCUT2D eigenvalue weighted by molar-refractivity contribution is 6.25. The van der Waals surface area contributed by atoms with E-state index in [1.54, 1.807) is 0 Å². The van der Waals surface area contributed by atoms with E-state index in [-0.39, 0.29) is 6.61 Å². The van der Waals surface area contributed by atoms with Crippen LogP contribution < -0.4 is 0 Å². The molecule has 0 spiro atoms. The fourth-order valence-corrected chi connectivity index (χ4v) is 2.90. The van der Waals surface area contributed by atoms with Crippen molar-refractivity contribution in [2.24, 2.45) is 5.41 Å². The van der Waals surface area contributed by atoms with Gasteiger partial charge in [-0.1, -0.05) is 30.3 Å². The largest absolute Gasteiger partial charge is 0.395 e. The van der Waals surface area contributed by atoms with Crippen LogP contribution in [0.5, 0.6) is 0 Å². The molecule has 1 fully saturated rings. The number of aliphatic hydroxyl groups is 1. The summed E-state index contributed by atoms with van der Waals surface area (Å²) in [7, 11) is 0. The van der Waals surface area contributed by atoms with Crippen LogP contribution in [-0.4, -0.2) is 18.0 Å². The first kappa shape index (κ1) is 10.7. The molecule has 0 bridgehead atoms. The number of carbonyl (C=O) groups is 1. The Labute approximate surface area is 93.9 Å². The zero-order valence-electron chi connectivity index (χ0n) is 8.32. The predicted octanol–water partition coefficient (Wildman–Crippen LogP) is 2.09. The molecule has 0 aromatic heterocycles. The second kappa shape index (κ2) is 3.62. The molecule has 1 aromatic rings. The van der Waals surface area contributed by atoms with Gasteiger partial charge in [-0.15, -0.1) is 11.6 Å². The van der Waals surface area contributed by atoms with E-state index < -0.39 is 10.3 Å². The third-order valence-electron chi connectivity index (χ3n) is 3.12. The average molecular weight is 225 g/mol. The van der Waals surface area contributed by atoms with Crippen LogP contribution in [-0.2, 0) is 9.67 Å². The minimum atomic E-state index is -0.614. The lowest BCUT2D eigenvalue weighted by molar-refractivity contribution is -0.126. The van der Waals surface area contributed by atoms with Gasteiger partial charge in [0.1, 0.15) is 6.29 Å². The quantitative estimate of drug-likeness (QED) is 0.631. The van der Waals surface area contributed by atoms with Crippen LogP contribution in [0.3, 0.4) is 0 Å². The zero-order valence-corrected chi connectivity index (χ0v) is 9.07. The molecule has 0 radical (unpaired) electrons. The topological polar surface area (TPSA) is 37.3 Å². The van der Waals surface area contributed by atoms with E-state index in [1.165, 1.54) is 0 Å². The number of benzene rings is 1. The molecule has 0 unspecified atom stereocenters. The van der Waals surface area contributed by atoms with Crippen molar-refractivity contribution in [3.8, 4) is 0 Å². The monoisotopic (exact) mass is 224 g/mol. The lowest BCUT2D eigenvalue weighted by Gasteiger charge is -2.49. The standard InChI is InChI=1S/C12H13ClO2/c13-12(10-4-2-1-3-5-10)6-11(7-12,8-14)9-15/h1-5,8,15H,6-7,9H2. The molecule has 0 amide bonds. The number of hydrogen-bond donors (Lipinski definition) is 1. The van der Waals surface area contributed by atoms with Crippen LogP contribution >= 0.6 is 11.6 Å². The first-order valence-corrected chi connectivity index (χ1v) is 5.34. The summed E-state index contributed by atoms with van der Waals surface area (Å²) in [6, 6.07) is 9.71. The minimum Gasteiger partial charge on any atom is -0.395 e. The SMILES string of the molecule is O=CC1(CO)CC(Cl)(c2ccccc2)C1. The van der Waals surface area contributed by atoms with Gasteiger partial charge in [0.25, 0.3) is 0 Å². The molecule has 80 valence electrons. The van der Waals surface area contributed by atoms with Gasteiger partial charge >= 0.3 is 0 Å². The smallest absolute Gasteiger partial charge is 0.128 e. The van der Waals surface area contributed by atoms with Crippen LogP contribution in [0.15, 0.2) is 30.3 Å². The molecule has 1 aromatic carbocycles. The fraction of sp³-hybridized carbons (Fsp3) is 0.417. The predicted molar refractivity (Wildman–Crippen MR) is 58.8 cm³/mol. The molecule has 1 saturated carbocycles. The van der Waals surface area contributed by atoms with Gasteiger partial charge in [0.05, 0.1) is 16.9 Å². The maximum atomic E-state index is 10.8. The fourth-order valence-electron chi connectivity index (χ4n) is 2.24. The van der Waals surface area contributed by atoms with Gasteiger partial charge in [0.15, 0.2) is 0 Å². The molecule has 0 atom stereocenters. The Morgan fingerprint density at radius 1 is 1.33 bits per heavy atom. The number of aldehydes is 1. The Morgan fingerprint density at radius 2 is 1.93 bits per heavy atom. The molecule has 3 heteroatoms. The van der Waals surface area contributed by atoms with E-state index in [0.29, 0.717) is 12.8 Å². The van der Waals surface area contributed by atoms with Gasteiger partial charge in [0.2, 0.25) is 0 Å². The summed E-state index contributed by atoms with van der Waals surface area (Å²) in [4.78, 5) is 10.4. The van der Waals surface area contributed by atoms with Gasteiger partial charge in [0, 0.05) is 0 Å². The highest BCUT2D eigenvalue weighted by Gasteiger charge is 2.54. The van der Waals surface area contributed by atoms with Crippen LogP contribution in [0.4, 0.5) is 0 Å². The Balaban J connectivity index is 2.18. The summed E-state index contributed by atoms with van der Waals surface area (Å²) < 4.78 is 0. The number of alkyl halides is 1. The van der Waals surface area contributed by atoms with Crippen molar-refractivity contribution < 1.29 is 9.90 Å². The maximum absolute atomic E-state index is 10.8. The first-order valence-electron chi connectivity index (χ1n) is 4.96. The molecule has 0 saturated heterocycles. The van der Waals surface area contributed by atoms with Crippen molar-refractivity contribution in [1.82, 2.24) is 0 Å². The van der Waals surface area contributed by atoms with Gasteiger partial charge in [-0.3, -0.25) is 0 Å². The first-order chi connectivity index (χ1) is 7.14. The van der Waals surface area contributed by atoms with E-state index in [0.717, 1.165) is 11.8 Å². The lowest BCUT2D eigenvalue weighted by Crippen LogP contribution is -2.49. The van der Waals surface area contributed by atoms with Gasteiger partial charge in [-0.25, -0.2) is 0 Å².